The Bertz CT molecular complexity index is 611. The van der Waals surface area contributed by atoms with Crippen LogP contribution in [0.25, 0.3) is 0 Å². The first-order valence-electron chi connectivity index (χ1n) is 6.86. The molecule has 0 aliphatic heterocycles. The van der Waals surface area contributed by atoms with Crippen molar-refractivity contribution in [3.05, 3.63) is 54.1 Å². The summed E-state index contributed by atoms with van der Waals surface area (Å²) in [5.74, 6) is 0.738. The van der Waals surface area contributed by atoms with Crippen LogP contribution in [0.3, 0.4) is 0 Å². The number of nitrogens with zero attached hydrogens (tertiary/aromatic N) is 1. The summed E-state index contributed by atoms with van der Waals surface area (Å²) < 4.78 is 5.12. The molecule has 0 heterocycles. The average molecular weight is 284 g/mol. The first-order chi connectivity index (χ1) is 10.1. The molecule has 2 N–H and O–H groups in total. The van der Waals surface area contributed by atoms with E-state index in [1.807, 2.05) is 48.5 Å². The van der Waals surface area contributed by atoms with Gasteiger partial charge < -0.3 is 15.4 Å². The number of amides is 1. The molecule has 0 bridgehead atoms. The van der Waals surface area contributed by atoms with E-state index in [2.05, 4.69) is 0 Å². The molecule has 4 heteroatoms. The van der Waals surface area contributed by atoms with Crippen LogP contribution in [0.5, 0.6) is 5.75 Å². The highest BCUT2D eigenvalue weighted by atomic mass is 16.5. The van der Waals surface area contributed by atoms with Crippen molar-refractivity contribution in [1.82, 2.24) is 0 Å². The van der Waals surface area contributed by atoms with Gasteiger partial charge in [0.05, 0.1) is 12.8 Å². The molecule has 2 aromatic carbocycles. The molecule has 4 nitrogen and oxygen atoms in total. The van der Waals surface area contributed by atoms with Gasteiger partial charge in [0, 0.05) is 19.2 Å². The number of nitrogen functional groups attached to an aromatic ring is 1. The Morgan fingerprint density at radius 1 is 1.19 bits per heavy atom. The van der Waals surface area contributed by atoms with Crippen LogP contribution >= 0.6 is 0 Å². The van der Waals surface area contributed by atoms with Crippen molar-refractivity contribution in [2.24, 2.45) is 0 Å². The highest BCUT2D eigenvalue weighted by molar-refractivity contribution is 5.92. The maximum atomic E-state index is 12.2. The van der Waals surface area contributed by atoms with Crippen LogP contribution < -0.4 is 15.4 Å². The molecule has 0 atom stereocenters. The molecule has 0 aromatic heterocycles. The Labute approximate surface area is 125 Å². The average Bonchev–Trinajstić information content (AvgIpc) is 2.52. The van der Waals surface area contributed by atoms with E-state index in [0.717, 1.165) is 11.3 Å². The molecule has 110 valence electrons. The molecule has 1 amide bonds. The van der Waals surface area contributed by atoms with E-state index in [1.165, 1.54) is 0 Å². The summed E-state index contributed by atoms with van der Waals surface area (Å²) >= 11 is 0. The third-order valence-corrected chi connectivity index (χ3v) is 3.44. The molecule has 0 saturated heterocycles. The lowest BCUT2D eigenvalue weighted by Crippen LogP contribution is -2.26. The van der Waals surface area contributed by atoms with Gasteiger partial charge in [-0.05, 0) is 36.2 Å². The molecule has 0 fully saturated rings. The van der Waals surface area contributed by atoms with Gasteiger partial charge in [0.1, 0.15) is 5.75 Å². The molecule has 0 aliphatic rings. The van der Waals surface area contributed by atoms with Crippen molar-refractivity contribution < 1.29 is 9.53 Å². The van der Waals surface area contributed by atoms with Crippen LogP contribution in [0.4, 0.5) is 11.4 Å². The predicted molar refractivity (Wildman–Crippen MR) is 85.6 cm³/mol. The Morgan fingerprint density at radius 2 is 1.90 bits per heavy atom. The largest absolute Gasteiger partial charge is 0.495 e. The predicted octanol–water partition coefficient (Wildman–Crippen LogP) is 2.87. The van der Waals surface area contributed by atoms with Gasteiger partial charge in [0.25, 0.3) is 0 Å². The van der Waals surface area contributed by atoms with Crippen molar-refractivity contribution in [1.29, 1.82) is 0 Å². The number of anilines is 2. The molecule has 0 radical (unpaired) electrons. The zero-order valence-electron chi connectivity index (χ0n) is 12.4. The third kappa shape index (κ3) is 3.75. The van der Waals surface area contributed by atoms with Crippen molar-refractivity contribution in [3.8, 4) is 5.75 Å². The van der Waals surface area contributed by atoms with Crippen LogP contribution in [-0.2, 0) is 11.2 Å². The fourth-order valence-corrected chi connectivity index (χ4v) is 2.15. The lowest BCUT2D eigenvalue weighted by molar-refractivity contribution is -0.118. The van der Waals surface area contributed by atoms with Gasteiger partial charge in [-0.2, -0.15) is 0 Å². The highest BCUT2D eigenvalue weighted by Crippen LogP contribution is 2.22. The summed E-state index contributed by atoms with van der Waals surface area (Å²) in [6.07, 6.45) is 1.10. The van der Waals surface area contributed by atoms with Gasteiger partial charge in [-0.15, -0.1) is 0 Å². The van der Waals surface area contributed by atoms with Gasteiger partial charge in [0.2, 0.25) is 5.91 Å². The minimum Gasteiger partial charge on any atom is -0.495 e. The molecule has 0 aliphatic carbocycles. The smallest absolute Gasteiger partial charge is 0.227 e. The van der Waals surface area contributed by atoms with Gasteiger partial charge in [-0.1, -0.05) is 24.3 Å². The standard InChI is InChI=1S/C17H20N2O2/c1-19(14-6-4-3-5-7-14)17(20)11-9-13-8-10-16(21-2)15(18)12-13/h3-8,10,12H,9,11,18H2,1-2H3. The summed E-state index contributed by atoms with van der Waals surface area (Å²) in [6, 6.07) is 15.2. The number of hydrogen-bond donors (Lipinski definition) is 1. The molecule has 0 unspecified atom stereocenters. The van der Waals surface area contributed by atoms with E-state index in [9.17, 15) is 4.79 Å². The van der Waals surface area contributed by atoms with E-state index in [4.69, 9.17) is 10.5 Å². The summed E-state index contributed by atoms with van der Waals surface area (Å²) in [5.41, 5.74) is 8.40. The van der Waals surface area contributed by atoms with Crippen LogP contribution in [0, 0.1) is 0 Å². The summed E-state index contributed by atoms with van der Waals surface area (Å²) in [4.78, 5) is 13.9. The Hall–Kier alpha value is -2.49. The lowest BCUT2D eigenvalue weighted by atomic mass is 10.1. The van der Waals surface area contributed by atoms with E-state index >= 15 is 0 Å². The van der Waals surface area contributed by atoms with E-state index < -0.39 is 0 Å². The SMILES string of the molecule is COc1ccc(CCC(=O)N(C)c2ccccc2)cc1N. The van der Waals surface area contributed by atoms with Crippen LogP contribution in [0.2, 0.25) is 0 Å². The lowest BCUT2D eigenvalue weighted by Gasteiger charge is -2.17. The molecule has 0 saturated carbocycles. The number of benzene rings is 2. The summed E-state index contributed by atoms with van der Waals surface area (Å²) in [7, 11) is 3.38. The van der Waals surface area contributed by atoms with Crippen molar-refractivity contribution >= 4 is 17.3 Å². The van der Waals surface area contributed by atoms with Crippen molar-refractivity contribution in [2.75, 3.05) is 24.8 Å². The molecular weight excluding hydrogens is 264 g/mol. The van der Waals surface area contributed by atoms with Gasteiger partial charge in [-0.3, -0.25) is 4.79 Å². The molecule has 2 aromatic rings. The van der Waals surface area contributed by atoms with E-state index in [1.54, 1.807) is 19.1 Å². The number of ether oxygens (including phenoxy) is 1. The third-order valence-electron chi connectivity index (χ3n) is 3.44. The minimum atomic E-state index is 0.0792. The first kappa shape index (κ1) is 14.9. The van der Waals surface area contributed by atoms with Crippen molar-refractivity contribution in [3.63, 3.8) is 0 Å². The number of hydrogen-bond acceptors (Lipinski definition) is 3. The quantitative estimate of drug-likeness (QED) is 0.859. The van der Waals surface area contributed by atoms with Gasteiger partial charge in [-0.25, -0.2) is 0 Å². The van der Waals surface area contributed by atoms with Crippen LogP contribution in [-0.4, -0.2) is 20.1 Å². The highest BCUT2D eigenvalue weighted by Gasteiger charge is 2.11. The maximum absolute atomic E-state index is 12.2. The van der Waals surface area contributed by atoms with Crippen LogP contribution in [0.1, 0.15) is 12.0 Å². The Balaban J connectivity index is 1.96. The number of aryl methyl sites for hydroxylation is 1. The molecule has 21 heavy (non-hydrogen) atoms. The van der Waals surface area contributed by atoms with E-state index in [-0.39, 0.29) is 5.91 Å². The first-order valence-corrected chi connectivity index (χ1v) is 6.86. The molecule has 2 rings (SSSR count). The Kier molecular flexibility index (Phi) is 4.82. The Morgan fingerprint density at radius 3 is 2.52 bits per heavy atom. The normalized spacial score (nSPS) is 10.2. The zero-order valence-corrected chi connectivity index (χ0v) is 12.4. The number of methoxy groups -OCH3 is 1. The second-order valence-corrected chi connectivity index (χ2v) is 4.86. The number of rotatable bonds is 5. The fraction of sp³-hybridized carbons (Fsp3) is 0.235. The topological polar surface area (TPSA) is 55.6 Å². The number of carbonyl (C=O) groups excluding carboxylic acids is 1. The van der Waals surface area contributed by atoms with E-state index in [0.29, 0.717) is 24.3 Å². The molecule has 0 spiro atoms. The van der Waals surface area contributed by atoms with Gasteiger partial charge >= 0.3 is 0 Å². The van der Waals surface area contributed by atoms with Crippen LogP contribution in [0.15, 0.2) is 48.5 Å². The number of para-hydroxylation sites is 1. The number of nitrogens with two attached hydrogens (primary N) is 1. The van der Waals surface area contributed by atoms with Crippen molar-refractivity contribution in [2.45, 2.75) is 12.8 Å². The summed E-state index contributed by atoms with van der Waals surface area (Å²) in [6.45, 7) is 0. The second kappa shape index (κ2) is 6.79. The minimum absolute atomic E-state index is 0.0792. The van der Waals surface area contributed by atoms with Gasteiger partial charge in [0.15, 0.2) is 0 Å². The maximum Gasteiger partial charge on any atom is 0.227 e. The fourth-order valence-electron chi connectivity index (χ4n) is 2.15. The number of carbonyl (C=O) groups is 1. The zero-order chi connectivity index (χ0) is 15.2. The molecular formula is C17H20N2O2. The second-order valence-electron chi connectivity index (χ2n) is 4.86. The monoisotopic (exact) mass is 284 g/mol. The summed E-state index contributed by atoms with van der Waals surface area (Å²) in [5, 5.41) is 0.